The Balaban J connectivity index is 1.77. The van der Waals surface area contributed by atoms with Gasteiger partial charge < -0.3 is 4.57 Å². The van der Waals surface area contributed by atoms with Crippen molar-refractivity contribution in [1.29, 1.82) is 0 Å². The quantitative estimate of drug-likeness (QED) is 0.500. The van der Waals surface area contributed by atoms with E-state index in [0.717, 1.165) is 27.4 Å². The molecule has 0 atom stereocenters. The molecule has 0 spiro atoms. The molecule has 0 fully saturated rings. The molecule has 0 aliphatic rings. The maximum Gasteiger partial charge on any atom is 0.453 e. The van der Waals surface area contributed by atoms with E-state index in [1.807, 2.05) is 31.2 Å². The fourth-order valence-corrected chi connectivity index (χ4v) is 3.73. The molecule has 3 aromatic heterocycles. The Morgan fingerprint density at radius 1 is 0.897 bits per heavy atom. The number of aromatic nitrogens is 7. The molecule has 4 aromatic rings. The topological polar surface area (TPSA) is 73.8 Å². The number of aryl methyl sites for hydroxylation is 2. The van der Waals surface area contributed by atoms with Crippen LogP contribution in [0.4, 0.5) is 13.2 Å². The summed E-state index contributed by atoms with van der Waals surface area (Å²) >= 11 is 1.15. The first-order valence-corrected chi connectivity index (χ1v) is 9.42. The van der Waals surface area contributed by atoms with Gasteiger partial charge in [-0.3, -0.25) is 0 Å². The molecule has 0 saturated carbocycles. The number of rotatable bonds is 3. The molecule has 0 radical (unpaired) electrons. The number of fused-ring (bicyclic) bond motifs is 1. The highest BCUT2D eigenvalue weighted by Gasteiger charge is 2.38. The fourth-order valence-electron chi connectivity index (χ4n) is 2.82. The lowest BCUT2D eigenvalue weighted by Crippen LogP contribution is -2.13. The van der Waals surface area contributed by atoms with E-state index < -0.39 is 12.0 Å². The third-order valence-corrected chi connectivity index (χ3v) is 5.76. The lowest BCUT2D eigenvalue weighted by atomic mass is 10.1. The minimum Gasteiger partial charge on any atom is -0.305 e. The summed E-state index contributed by atoms with van der Waals surface area (Å²) in [6.07, 6.45) is -4.65. The van der Waals surface area contributed by atoms with E-state index in [9.17, 15) is 13.2 Å². The van der Waals surface area contributed by atoms with Crippen molar-refractivity contribution >= 4 is 17.4 Å². The van der Waals surface area contributed by atoms with Crippen molar-refractivity contribution in [3.63, 3.8) is 0 Å². The van der Waals surface area contributed by atoms with Crippen LogP contribution in [0.5, 0.6) is 0 Å². The van der Waals surface area contributed by atoms with Crippen molar-refractivity contribution < 1.29 is 13.2 Å². The minimum atomic E-state index is -4.65. The monoisotopic (exact) mass is 419 g/mol. The Kier molecular flexibility index (Phi) is 4.56. The molecule has 1 aromatic carbocycles. The molecule has 150 valence electrons. The highest BCUT2D eigenvalue weighted by Crippen LogP contribution is 2.33. The summed E-state index contributed by atoms with van der Waals surface area (Å²) in [6.45, 7) is 5.47. The fraction of sp³-hybridized carbons (Fsp3) is 0.278. The summed E-state index contributed by atoms with van der Waals surface area (Å²) in [5, 5.41) is 20.4. The van der Waals surface area contributed by atoms with E-state index in [4.69, 9.17) is 0 Å². The smallest absolute Gasteiger partial charge is 0.305 e. The standard InChI is InChI=1S/C18H16F3N7S/c1-9-5-7-12(8-6-9)14-23-25-17(27(14)4)29-15-11(3)10(2)13-22-24-16(18(19,20)21)28(13)26-15/h5-8H,1-4H3. The molecule has 7 nitrogen and oxygen atoms in total. The van der Waals surface area contributed by atoms with Crippen molar-refractivity contribution in [3.8, 4) is 11.4 Å². The van der Waals surface area contributed by atoms with Gasteiger partial charge >= 0.3 is 6.18 Å². The van der Waals surface area contributed by atoms with Crippen molar-refractivity contribution in [2.24, 2.45) is 7.05 Å². The second-order valence-corrected chi connectivity index (χ2v) is 7.60. The zero-order valence-electron chi connectivity index (χ0n) is 16.0. The third kappa shape index (κ3) is 3.35. The second kappa shape index (κ2) is 6.83. The van der Waals surface area contributed by atoms with Crippen LogP contribution in [0.25, 0.3) is 17.0 Å². The largest absolute Gasteiger partial charge is 0.453 e. The molecule has 29 heavy (non-hydrogen) atoms. The molecule has 0 bridgehead atoms. The first kappa shape index (κ1) is 19.4. The summed E-state index contributed by atoms with van der Waals surface area (Å²) in [5.41, 5.74) is 3.39. The Labute approximate surface area is 168 Å². The van der Waals surface area contributed by atoms with E-state index in [0.29, 0.717) is 27.1 Å². The summed E-state index contributed by atoms with van der Waals surface area (Å²) in [6, 6.07) is 7.84. The number of hydrogen-bond acceptors (Lipinski definition) is 6. The van der Waals surface area contributed by atoms with E-state index in [1.54, 1.807) is 25.5 Å². The average molecular weight is 419 g/mol. The molecule has 0 saturated heterocycles. The number of hydrogen-bond donors (Lipinski definition) is 0. The van der Waals surface area contributed by atoms with Crippen LogP contribution in [0.2, 0.25) is 0 Å². The first-order valence-electron chi connectivity index (χ1n) is 8.61. The molecule has 4 rings (SSSR count). The number of halogens is 3. The summed E-state index contributed by atoms with van der Waals surface area (Å²) < 4.78 is 42.2. The SMILES string of the molecule is Cc1ccc(-c2nnc(Sc3nn4c(C(F)(F)F)nnc4c(C)c3C)n2C)cc1. The zero-order chi connectivity index (χ0) is 20.9. The molecule has 0 N–H and O–H groups in total. The van der Waals surface area contributed by atoms with Gasteiger partial charge in [0.05, 0.1) is 0 Å². The van der Waals surface area contributed by atoms with Gasteiger partial charge in [-0.2, -0.15) is 22.8 Å². The van der Waals surface area contributed by atoms with Crippen LogP contribution >= 0.6 is 11.8 Å². The Morgan fingerprint density at radius 3 is 2.24 bits per heavy atom. The lowest BCUT2D eigenvalue weighted by Gasteiger charge is -2.10. The van der Waals surface area contributed by atoms with Crippen LogP contribution in [0.15, 0.2) is 34.4 Å². The maximum absolute atomic E-state index is 13.2. The van der Waals surface area contributed by atoms with Crippen LogP contribution < -0.4 is 0 Å². The van der Waals surface area contributed by atoms with Crippen molar-refractivity contribution in [2.45, 2.75) is 37.1 Å². The van der Waals surface area contributed by atoms with Gasteiger partial charge in [0, 0.05) is 18.2 Å². The van der Waals surface area contributed by atoms with E-state index >= 15 is 0 Å². The van der Waals surface area contributed by atoms with Crippen LogP contribution in [0.3, 0.4) is 0 Å². The normalized spacial score (nSPS) is 12.1. The van der Waals surface area contributed by atoms with Crippen LogP contribution in [-0.4, -0.2) is 34.6 Å². The highest BCUT2D eigenvalue weighted by molar-refractivity contribution is 7.99. The average Bonchev–Trinajstić information content (AvgIpc) is 3.24. The van der Waals surface area contributed by atoms with Gasteiger partial charge in [-0.1, -0.05) is 29.8 Å². The maximum atomic E-state index is 13.2. The van der Waals surface area contributed by atoms with E-state index in [1.165, 1.54) is 0 Å². The Morgan fingerprint density at radius 2 is 1.59 bits per heavy atom. The van der Waals surface area contributed by atoms with Crippen LogP contribution in [0.1, 0.15) is 22.5 Å². The van der Waals surface area contributed by atoms with E-state index in [-0.39, 0.29) is 5.65 Å². The summed E-state index contributed by atoms with van der Waals surface area (Å²) in [4.78, 5) is 0. The predicted molar refractivity (Wildman–Crippen MR) is 101 cm³/mol. The molecule has 0 aliphatic carbocycles. The summed E-state index contributed by atoms with van der Waals surface area (Å²) in [7, 11) is 1.80. The van der Waals surface area contributed by atoms with Gasteiger partial charge in [0.25, 0.3) is 5.82 Å². The first-order chi connectivity index (χ1) is 13.7. The van der Waals surface area contributed by atoms with Gasteiger partial charge in [0.1, 0.15) is 5.03 Å². The van der Waals surface area contributed by atoms with Crippen molar-refractivity contribution in [3.05, 3.63) is 46.8 Å². The van der Waals surface area contributed by atoms with Gasteiger partial charge in [-0.05, 0) is 38.1 Å². The number of alkyl halides is 3. The zero-order valence-corrected chi connectivity index (χ0v) is 16.8. The number of benzene rings is 1. The molecular formula is C18H16F3N7S. The highest BCUT2D eigenvalue weighted by atomic mass is 32.2. The molecular weight excluding hydrogens is 403 g/mol. The Hall–Kier alpha value is -2.95. The van der Waals surface area contributed by atoms with Crippen molar-refractivity contribution in [2.75, 3.05) is 0 Å². The Bertz CT molecular complexity index is 1210. The molecule has 11 heteroatoms. The molecule has 3 heterocycles. The van der Waals surface area contributed by atoms with Gasteiger partial charge in [0.2, 0.25) is 0 Å². The van der Waals surface area contributed by atoms with E-state index in [2.05, 4.69) is 25.5 Å². The summed E-state index contributed by atoms with van der Waals surface area (Å²) in [5.74, 6) is -0.501. The third-order valence-electron chi connectivity index (χ3n) is 4.64. The molecule has 0 aliphatic heterocycles. The predicted octanol–water partition coefficient (Wildman–Crippen LogP) is 4.02. The molecule has 0 amide bonds. The minimum absolute atomic E-state index is 0.0810. The number of nitrogens with zero attached hydrogens (tertiary/aromatic N) is 7. The lowest BCUT2D eigenvalue weighted by molar-refractivity contribution is -0.146. The van der Waals surface area contributed by atoms with Gasteiger partial charge in [-0.25, -0.2) is 0 Å². The second-order valence-electron chi connectivity index (χ2n) is 6.65. The van der Waals surface area contributed by atoms with Crippen LogP contribution in [-0.2, 0) is 13.2 Å². The van der Waals surface area contributed by atoms with Gasteiger partial charge in [-0.15, -0.1) is 20.4 Å². The van der Waals surface area contributed by atoms with Crippen molar-refractivity contribution in [1.82, 2.24) is 34.6 Å². The van der Waals surface area contributed by atoms with Crippen LogP contribution in [0, 0.1) is 20.8 Å². The van der Waals surface area contributed by atoms with Gasteiger partial charge in [0.15, 0.2) is 16.6 Å². The molecule has 0 unspecified atom stereocenters.